The van der Waals surface area contributed by atoms with Gasteiger partial charge in [0.15, 0.2) is 0 Å². The topological polar surface area (TPSA) is 108 Å². The fourth-order valence-electron chi connectivity index (χ4n) is 4.64. The second kappa shape index (κ2) is 9.13. The molecule has 8 nitrogen and oxygen atoms in total. The van der Waals surface area contributed by atoms with E-state index in [1.165, 1.54) is 6.92 Å². The lowest BCUT2D eigenvalue weighted by Crippen LogP contribution is -2.22. The number of H-pyrrole nitrogens is 1. The summed E-state index contributed by atoms with van der Waals surface area (Å²) >= 11 is 4.66. The molecule has 0 unspecified atom stereocenters. The summed E-state index contributed by atoms with van der Waals surface area (Å²) in [6, 6.07) is 13.1. The molecule has 35 heavy (non-hydrogen) atoms. The highest BCUT2D eigenvalue weighted by Crippen LogP contribution is 2.39. The highest BCUT2D eigenvalue weighted by molar-refractivity contribution is 7.78. The van der Waals surface area contributed by atoms with E-state index in [4.69, 9.17) is 0 Å². The number of aliphatic imine (C=N–C) groups is 1. The monoisotopic (exact) mass is 483 g/mol. The highest BCUT2D eigenvalue weighted by atomic mass is 32.1. The van der Waals surface area contributed by atoms with Gasteiger partial charge in [0.25, 0.3) is 11.8 Å². The van der Waals surface area contributed by atoms with Gasteiger partial charge >= 0.3 is 0 Å². The molecule has 0 bridgehead atoms. The van der Waals surface area contributed by atoms with Gasteiger partial charge in [-0.15, -0.1) is 0 Å². The number of carbonyl (C=O) groups excluding carboxylic acids is 3. The van der Waals surface area contributed by atoms with E-state index in [1.807, 2.05) is 53.2 Å². The van der Waals surface area contributed by atoms with Crippen molar-refractivity contribution in [1.29, 1.82) is 0 Å². The number of imide groups is 1. The van der Waals surface area contributed by atoms with Crippen LogP contribution in [-0.2, 0) is 20.9 Å². The van der Waals surface area contributed by atoms with Gasteiger partial charge in [-0.05, 0) is 30.8 Å². The number of aryl methyl sites for hydroxylation is 1. The van der Waals surface area contributed by atoms with Gasteiger partial charge in [-0.1, -0.05) is 30.3 Å². The predicted octanol–water partition coefficient (Wildman–Crippen LogP) is 4.14. The van der Waals surface area contributed by atoms with Crippen LogP contribution >= 0.6 is 12.2 Å². The Morgan fingerprint density at radius 3 is 2.57 bits per heavy atom. The third-order valence-corrected chi connectivity index (χ3v) is 6.13. The molecule has 2 aromatic carbocycles. The lowest BCUT2D eigenvalue weighted by Gasteiger charge is -2.09. The molecule has 0 fully saturated rings. The Hall–Kier alpha value is -4.33. The van der Waals surface area contributed by atoms with Crippen molar-refractivity contribution in [2.24, 2.45) is 4.99 Å². The molecule has 0 spiro atoms. The van der Waals surface area contributed by atoms with Crippen LogP contribution in [0.2, 0.25) is 0 Å². The van der Waals surface area contributed by atoms with Crippen molar-refractivity contribution in [3.63, 3.8) is 0 Å². The first kappa shape index (κ1) is 22.5. The minimum absolute atomic E-state index is 0.204. The zero-order chi connectivity index (χ0) is 24.5. The van der Waals surface area contributed by atoms with E-state index < -0.39 is 11.8 Å². The van der Waals surface area contributed by atoms with E-state index in [-0.39, 0.29) is 5.91 Å². The molecule has 1 aliphatic heterocycles. The molecule has 3 N–H and O–H groups in total. The molecule has 0 aliphatic carbocycles. The van der Waals surface area contributed by atoms with Gasteiger partial charge in [0.05, 0.1) is 34.1 Å². The van der Waals surface area contributed by atoms with Crippen molar-refractivity contribution in [3.8, 4) is 0 Å². The fourth-order valence-corrected chi connectivity index (χ4v) is 4.73. The minimum atomic E-state index is -0.454. The molecule has 2 aromatic heterocycles. The number of amides is 3. The van der Waals surface area contributed by atoms with E-state index in [9.17, 15) is 14.4 Å². The summed E-state index contributed by atoms with van der Waals surface area (Å²) in [7, 11) is 0. The number of nitrogens with zero attached hydrogens (tertiary/aromatic N) is 2. The van der Waals surface area contributed by atoms with Crippen LogP contribution in [0.4, 0.5) is 5.69 Å². The fraction of sp³-hybridized carbons (Fsp3) is 0.154. The second-order valence-electron chi connectivity index (χ2n) is 8.23. The van der Waals surface area contributed by atoms with Crippen molar-refractivity contribution < 1.29 is 14.4 Å². The number of carbonyl (C=O) groups is 3. The number of thiocarbonyl (C=S) groups is 1. The Morgan fingerprint density at radius 1 is 1.06 bits per heavy atom. The van der Waals surface area contributed by atoms with Crippen molar-refractivity contribution in [3.05, 3.63) is 66.0 Å². The number of benzene rings is 2. The largest absolute Gasteiger partial charge is 0.361 e. The van der Waals surface area contributed by atoms with Crippen molar-refractivity contribution in [1.82, 2.24) is 14.9 Å². The molecule has 174 valence electrons. The number of hydrogen-bond donors (Lipinski definition) is 3. The van der Waals surface area contributed by atoms with E-state index >= 15 is 0 Å². The second-order valence-corrected chi connectivity index (χ2v) is 8.41. The highest BCUT2D eigenvalue weighted by Gasteiger charge is 2.35. The van der Waals surface area contributed by atoms with Gasteiger partial charge in [-0.25, -0.2) is 4.99 Å². The number of nitrogens with one attached hydrogen (secondary N) is 3. The maximum Gasteiger partial charge on any atom is 0.259 e. The molecular weight excluding hydrogens is 462 g/mol. The smallest absolute Gasteiger partial charge is 0.259 e. The average molecular weight is 484 g/mol. The summed E-state index contributed by atoms with van der Waals surface area (Å²) in [6.45, 7) is 2.52. The van der Waals surface area contributed by atoms with Crippen LogP contribution in [0.1, 0.15) is 24.5 Å². The number of anilines is 1. The molecule has 5 rings (SSSR count). The van der Waals surface area contributed by atoms with Gasteiger partial charge in [0.2, 0.25) is 5.91 Å². The Labute approximate surface area is 205 Å². The first-order valence-electron chi connectivity index (χ1n) is 11.1. The number of para-hydroxylation sites is 2. The molecule has 9 heteroatoms. The predicted molar refractivity (Wildman–Crippen MR) is 139 cm³/mol. The summed E-state index contributed by atoms with van der Waals surface area (Å²) < 4.78 is 1.98. The van der Waals surface area contributed by atoms with Gasteiger partial charge < -0.3 is 14.9 Å². The summed E-state index contributed by atoms with van der Waals surface area (Å²) in [4.78, 5) is 45.2. The van der Waals surface area contributed by atoms with Crippen molar-refractivity contribution in [2.45, 2.75) is 19.9 Å². The molecule has 4 aromatic rings. The normalized spacial score (nSPS) is 13.4. The maximum atomic E-state index is 13.1. The number of hydrogen-bond acceptors (Lipinski definition) is 5. The SMILES string of the molecule is CC(=O)Nc1cccc2c(C3=C(c4c[nH]c5ccccc45)C(=O)NC3=O)cn(CCCN=C=S)c12. The number of isothiocyanates is 1. The number of fused-ring (bicyclic) bond motifs is 2. The molecule has 0 atom stereocenters. The molecule has 0 saturated carbocycles. The van der Waals surface area contributed by atoms with E-state index in [1.54, 1.807) is 6.20 Å². The number of rotatable bonds is 7. The van der Waals surface area contributed by atoms with Gasteiger partial charge in [-0.2, -0.15) is 0 Å². The van der Waals surface area contributed by atoms with Crippen molar-refractivity contribution >= 4 is 73.7 Å². The van der Waals surface area contributed by atoms with Gasteiger partial charge in [0, 0.05) is 53.3 Å². The lowest BCUT2D eigenvalue weighted by atomic mass is 9.95. The molecule has 0 radical (unpaired) electrons. The Morgan fingerprint density at radius 2 is 1.80 bits per heavy atom. The van der Waals surface area contributed by atoms with Crippen LogP contribution in [-0.4, -0.2) is 39.0 Å². The van der Waals surface area contributed by atoms with Gasteiger partial charge in [-0.3, -0.25) is 19.7 Å². The minimum Gasteiger partial charge on any atom is -0.361 e. The standard InChI is InChI=1S/C26H21N5O3S/c1-15(32)29-21-9-4-7-17-19(13-31(24(17)21)11-5-10-27-14-35)23-22(25(33)30-26(23)34)18-12-28-20-8-3-2-6-16(18)20/h2-4,6-9,12-13,28H,5,10-11H2,1H3,(H,29,32)(H,30,33,34). The average Bonchev–Trinajstić information content (AvgIpc) is 3.49. The van der Waals surface area contributed by atoms with Crippen LogP contribution in [0.3, 0.4) is 0 Å². The number of aromatic amines is 1. The Kier molecular flexibility index (Phi) is 5.86. The van der Waals surface area contributed by atoms with Crippen LogP contribution < -0.4 is 10.6 Å². The molecule has 3 amide bonds. The molecule has 1 aliphatic rings. The Balaban J connectivity index is 1.75. The lowest BCUT2D eigenvalue weighted by molar-refractivity contribution is -0.123. The first-order chi connectivity index (χ1) is 17.0. The van der Waals surface area contributed by atoms with E-state index in [2.05, 4.69) is 38.0 Å². The number of aromatic nitrogens is 2. The quantitative estimate of drug-likeness (QED) is 0.159. The van der Waals surface area contributed by atoms with E-state index in [0.29, 0.717) is 47.5 Å². The van der Waals surface area contributed by atoms with Gasteiger partial charge in [0.1, 0.15) is 0 Å². The zero-order valence-corrected chi connectivity index (χ0v) is 19.7. The molecular formula is C26H21N5O3S. The third kappa shape index (κ3) is 3.97. The van der Waals surface area contributed by atoms with Crippen LogP contribution in [0.25, 0.3) is 33.0 Å². The molecule has 3 heterocycles. The van der Waals surface area contributed by atoms with Crippen LogP contribution in [0.15, 0.2) is 59.9 Å². The Bertz CT molecular complexity index is 1600. The van der Waals surface area contributed by atoms with Crippen LogP contribution in [0.5, 0.6) is 0 Å². The summed E-state index contributed by atoms with van der Waals surface area (Å²) in [6.07, 6.45) is 4.30. The summed E-state index contributed by atoms with van der Waals surface area (Å²) in [5.41, 5.74) is 4.17. The first-order valence-corrected chi connectivity index (χ1v) is 11.5. The summed E-state index contributed by atoms with van der Waals surface area (Å²) in [5, 5.41) is 9.32. The van der Waals surface area contributed by atoms with E-state index in [0.717, 1.165) is 21.8 Å². The maximum absolute atomic E-state index is 13.1. The van der Waals surface area contributed by atoms with Crippen molar-refractivity contribution in [2.75, 3.05) is 11.9 Å². The third-order valence-electron chi connectivity index (χ3n) is 6.00. The summed E-state index contributed by atoms with van der Waals surface area (Å²) in [5.74, 6) is -1.10. The van der Waals surface area contributed by atoms with Crippen LogP contribution in [0, 0.1) is 0 Å². The molecule has 0 saturated heterocycles. The zero-order valence-electron chi connectivity index (χ0n) is 18.8.